The summed E-state index contributed by atoms with van der Waals surface area (Å²) in [6.45, 7) is 1.85. The van der Waals surface area contributed by atoms with Gasteiger partial charge in [-0.15, -0.1) is 0 Å². The number of methoxy groups -OCH3 is 1. The molecule has 0 saturated carbocycles. The lowest BCUT2D eigenvalue weighted by atomic mass is 9.96. The summed E-state index contributed by atoms with van der Waals surface area (Å²) < 4.78 is 30.6. The van der Waals surface area contributed by atoms with Gasteiger partial charge in [0.1, 0.15) is 0 Å². The fourth-order valence-electron chi connectivity index (χ4n) is 3.00. The van der Waals surface area contributed by atoms with Gasteiger partial charge in [-0.2, -0.15) is 0 Å². The molecule has 1 atom stereocenters. The Labute approximate surface area is 163 Å². The third kappa shape index (κ3) is 4.07. The Bertz CT molecular complexity index is 1030. The minimum atomic E-state index is -3.79. The van der Waals surface area contributed by atoms with E-state index in [4.69, 9.17) is 4.74 Å². The molecule has 8 heteroatoms. The maximum Gasteiger partial charge on any atom is 0.338 e. The SMILES string of the molecule is COC(=O)C1=C(CS(=O)(=O)c2ccc(C)cc2)NC(=O)NC1c1ccccc1. The van der Waals surface area contributed by atoms with Crippen molar-refractivity contribution in [2.75, 3.05) is 12.9 Å². The molecule has 0 spiro atoms. The Balaban J connectivity index is 2.08. The van der Waals surface area contributed by atoms with Gasteiger partial charge in [0.25, 0.3) is 0 Å². The molecule has 146 valence electrons. The van der Waals surface area contributed by atoms with Gasteiger partial charge < -0.3 is 15.4 Å². The number of nitrogens with one attached hydrogen (secondary N) is 2. The summed E-state index contributed by atoms with van der Waals surface area (Å²) in [5, 5.41) is 5.13. The smallest absolute Gasteiger partial charge is 0.338 e. The molecule has 0 aromatic heterocycles. The lowest BCUT2D eigenvalue weighted by Gasteiger charge is -2.29. The molecule has 28 heavy (non-hydrogen) atoms. The van der Waals surface area contributed by atoms with Crippen LogP contribution < -0.4 is 10.6 Å². The van der Waals surface area contributed by atoms with Crippen LogP contribution in [-0.2, 0) is 19.4 Å². The summed E-state index contributed by atoms with van der Waals surface area (Å²) in [5.74, 6) is -1.24. The third-order valence-electron chi connectivity index (χ3n) is 4.41. The van der Waals surface area contributed by atoms with E-state index in [0.717, 1.165) is 5.56 Å². The van der Waals surface area contributed by atoms with Crippen LogP contribution in [0.3, 0.4) is 0 Å². The number of hydrogen-bond donors (Lipinski definition) is 2. The van der Waals surface area contributed by atoms with Gasteiger partial charge >= 0.3 is 12.0 Å². The number of urea groups is 1. The van der Waals surface area contributed by atoms with Gasteiger partial charge in [0.2, 0.25) is 0 Å². The summed E-state index contributed by atoms with van der Waals surface area (Å²) in [4.78, 5) is 24.8. The van der Waals surface area contributed by atoms with Crippen LogP contribution in [0, 0.1) is 6.92 Å². The van der Waals surface area contributed by atoms with Crippen LogP contribution in [0.4, 0.5) is 4.79 Å². The summed E-state index contributed by atoms with van der Waals surface area (Å²) in [6.07, 6.45) is 0. The van der Waals surface area contributed by atoms with Crippen LogP contribution in [0.1, 0.15) is 17.2 Å². The Hall–Kier alpha value is -3.13. The number of carbonyl (C=O) groups excluding carboxylic acids is 2. The number of ether oxygens (including phenoxy) is 1. The monoisotopic (exact) mass is 400 g/mol. The van der Waals surface area contributed by atoms with Gasteiger partial charge in [-0.3, -0.25) is 0 Å². The highest BCUT2D eigenvalue weighted by molar-refractivity contribution is 7.91. The van der Waals surface area contributed by atoms with Crippen molar-refractivity contribution >= 4 is 21.8 Å². The first-order chi connectivity index (χ1) is 13.3. The molecule has 0 saturated heterocycles. The molecule has 2 N–H and O–H groups in total. The zero-order valence-electron chi connectivity index (χ0n) is 15.4. The van der Waals surface area contributed by atoms with E-state index in [1.807, 2.05) is 6.92 Å². The molecule has 7 nitrogen and oxygen atoms in total. The summed E-state index contributed by atoms with van der Waals surface area (Å²) >= 11 is 0. The maximum atomic E-state index is 12.9. The predicted molar refractivity (Wildman–Crippen MR) is 103 cm³/mol. The molecule has 2 amide bonds. The quantitative estimate of drug-likeness (QED) is 0.750. The molecule has 2 aromatic carbocycles. The number of esters is 1. The predicted octanol–water partition coefficient (Wildman–Crippen LogP) is 2.25. The summed E-state index contributed by atoms with van der Waals surface area (Å²) in [6, 6.07) is 13.8. The molecule has 1 unspecified atom stereocenters. The van der Waals surface area contributed by atoms with Crippen LogP contribution in [0.15, 0.2) is 70.8 Å². The lowest BCUT2D eigenvalue weighted by Crippen LogP contribution is -2.47. The molecule has 0 bridgehead atoms. The number of aryl methyl sites for hydroxylation is 1. The molecule has 0 radical (unpaired) electrons. The lowest BCUT2D eigenvalue weighted by molar-refractivity contribution is -0.136. The van der Waals surface area contributed by atoms with Crippen molar-refractivity contribution in [3.8, 4) is 0 Å². The second kappa shape index (κ2) is 7.85. The maximum absolute atomic E-state index is 12.9. The van der Waals surface area contributed by atoms with Gasteiger partial charge in [-0.25, -0.2) is 18.0 Å². The fourth-order valence-corrected chi connectivity index (χ4v) is 4.32. The first kappa shape index (κ1) is 19.6. The minimum Gasteiger partial charge on any atom is -0.466 e. The van der Waals surface area contributed by atoms with Crippen LogP contribution >= 0.6 is 0 Å². The van der Waals surface area contributed by atoms with Crippen molar-refractivity contribution in [1.29, 1.82) is 0 Å². The second-order valence-corrected chi connectivity index (χ2v) is 8.39. The Morgan fingerprint density at radius 1 is 1.07 bits per heavy atom. The number of carbonyl (C=O) groups is 2. The number of amides is 2. The van der Waals surface area contributed by atoms with Crippen LogP contribution in [-0.4, -0.2) is 33.3 Å². The van der Waals surface area contributed by atoms with E-state index in [-0.39, 0.29) is 16.2 Å². The van der Waals surface area contributed by atoms with Gasteiger partial charge in [-0.1, -0.05) is 48.0 Å². The highest BCUT2D eigenvalue weighted by atomic mass is 32.2. The van der Waals surface area contributed by atoms with Crippen molar-refractivity contribution in [1.82, 2.24) is 10.6 Å². The molecule has 3 rings (SSSR count). The standard InChI is InChI=1S/C20H20N2O5S/c1-13-8-10-15(11-9-13)28(25,26)12-16-17(19(23)27-2)18(22-20(24)21-16)14-6-4-3-5-7-14/h3-11,18H,12H2,1-2H3,(H2,21,22,24). The fraction of sp³-hybridized carbons (Fsp3) is 0.200. The summed E-state index contributed by atoms with van der Waals surface area (Å²) in [5.41, 5.74) is 1.63. The number of hydrogen-bond acceptors (Lipinski definition) is 5. The van der Waals surface area contributed by atoms with Gasteiger partial charge in [0, 0.05) is 5.70 Å². The molecular weight excluding hydrogens is 380 g/mol. The molecule has 0 aliphatic carbocycles. The van der Waals surface area contributed by atoms with E-state index in [2.05, 4.69) is 10.6 Å². The molecule has 1 aliphatic rings. The van der Waals surface area contributed by atoms with Crippen molar-refractivity contribution < 1.29 is 22.7 Å². The van der Waals surface area contributed by atoms with Gasteiger partial charge in [0.15, 0.2) is 9.84 Å². The number of sulfone groups is 1. The van der Waals surface area contributed by atoms with E-state index in [0.29, 0.717) is 5.56 Å². The van der Waals surface area contributed by atoms with E-state index in [9.17, 15) is 18.0 Å². The largest absolute Gasteiger partial charge is 0.466 e. The normalized spacial score (nSPS) is 16.9. The average Bonchev–Trinajstić information content (AvgIpc) is 2.67. The Morgan fingerprint density at radius 2 is 1.71 bits per heavy atom. The minimum absolute atomic E-state index is 0.00466. The van der Waals surface area contributed by atoms with Crippen molar-refractivity contribution in [3.05, 3.63) is 77.0 Å². The van der Waals surface area contributed by atoms with E-state index in [1.165, 1.54) is 19.2 Å². The van der Waals surface area contributed by atoms with Crippen molar-refractivity contribution in [2.45, 2.75) is 17.9 Å². The third-order valence-corrected chi connectivity index (χ3v) is 6.07. The molecule has 2 aromatic rings. The Morgan fingerprint density at radius 3 is 2.32 bits per heavy atom. The van der Waals surface area contributed by atoms with Crippen LogP contribution in [0.5, 0.6) is 0 Å². The highest BCUT2D eigenvalue weighted by Crippen LogP contribution is 2.29. The van der Waals surface area contributed by atoms with E-state index >= 15 is 0 Å². The van der Waals surface area contributed by atoms with Crippen LogP contribution in [0.25, 0.3) is 0 Å². The van der Waals surface area contributed by atoms with Gasteiger partial charge in [0.05, 0.1) is 29.4 Å². The topological polar surface area (TPSA) is 102 Å². The Kier molecular flexibility index (Phi) is 5.51. The second-order valence-electron chi connectivity index (χ2n) is 6.40. The van der Waals surface area contributed by atoms with E-state index in [1.54, 1.807) is 42.5 Å². The van der Waals surface area contributed by atoms with Crippen molar-refractivity contribution in [3.63, 3.8) is 0 Å². The van der Waals surface area contributed by atoms with E-state index < -0.39 is 33.6 Å². The molecule has 1 heterocycles. The first-order valence-electron chi connectivity index (χ1n) is 8.55. The molecule has 0 fully saturated rings. The summed E-state index contributed by atoms with van der Waals surface area (Å²) in [7, 11) is -2.58. The zero-order chi connectivity index (χ0) is 20.3. The zero-order valence-corrected chi connectivity index (χ0v) is 16.2. The highest BCUT2D eigenvalue weighted by Gasteiger charge is 2.35. The van der Waals surface area contributed by atoms with Crippen molar-refractivity contribution in [2.24, 2.45) is 0 Å². The molecular formula is C20H20N2O5S. The molecule has 1 aliphatic heterocycles. The van der Waals surface area contributed by atoms with Crippen LogP contribution in [0.2, 0.25) is 0 Å². The average molecular weight is 400 g/mol. The van der Waals surface area contributed by atoms with Gasteiger partial charge in [-0.05, 0) is 24.6 Å². The first-order valence-corrected chi connectivity index (χ1v) is 10.2. The number of benzene rings is 2. The number of rotatable bonds is 5.